The van der Waals surface area contributed by atoms with Crippen LogP contribution in [0.4, 0.5) is 5.82 Å². The molecule has 0 bridgehead atoms. The van der Waals surface area contributed by atoms with E-state index in [1.54, 1.807) is 0 Å². The lowest BCUT2D eigenvalue weighted by molar-refractivity contribution is 0.840. The van der Waals surface area contributed by atoms with Crippen LogP contribution in [0.1, 0.15) is 5.69 Å². The van der Waals surface area contributed by atoms with Gasteiger partial charge in [0.2, 0.25) is 0 Å². The van der Waals surface area contributed by atoms with E-state index in [1.807, 2.05) is 6.07 Å². The number of halogens is 1. The molecule has 2 N–H and O–H groups in total. The van der Waals surface area contributed by atoms with E-state index >= 15 is 0 Å². The van der Waals surface area contributed by atoms with Crippen LogP contribution in [0.2, 0.25) is 5.02 Å². The molecule has 0 radical (unpaired) electrons. The van der Waals surface area contributed by atoms with Crippen LogP contribution in [0, 0.1) is 11.3 Å². The normalized spacial score (nSPS) is 9.87. The molecule has 2 heterocycles. The van der Waals surface area contributed by atoms with E-state index < -0.39 is 0 Å². The maximum Gasteiger partial charge on any atom is 0.172 e. The van der Waals surface area contributed by atoms with Gasteiger partial charge in [0.25, 0.3) is 0 Å². The van der Waals surface area contributed by atoms with Gasteiger partial charge in [0.15, 0.2) is 17.3 Å². The Bertz CT molecular complexity index is 504. The van der Waals surface area contributed by atoms with Crippen molar-refractivity contribution in [2.45, 2.75) is 0 Å². The van der Waals surface area contributed by atoms with Crippen LogP contribution in [-0.4, -0.2) is 19.7 Å². The van der Waals surface area contributed by atoms with Crippen LogP contribution < -0.4 is 5.73 Å². The Morgan fingerprint density at radius 2 is 2.20 bits per heavy atom. The maximum atomic E-state index is 8.53. The maximum absolute atomic E-state index is 8.53. The molecule has 0 saturated heterocycles. The zero-order valence-electron chi connectivity index (χ0n) is 7.42. The van der Waals surface area contributed by atoms with Crippen LogP contribution in [0.5, 0.6) is 0 Å². The Labute approximate surface area is 89.9 Å². The molecular weight excluding hydrogens is 216 g/mol. The second kappa shape index (κ2) is 3.55. The van der Waals surface area contributed by atoms with E-state index in [1.165, 1.54) is 23.3 Å². The molecule has 0 spiro atoms. The summed E-state index contributed by atoms with van der Waals surface area (Å²) < 4.78 is 1.39. The minimum Gasteiger partial charge on any atom is -0.381 e. The second-order valence-corrected chi connectivity index (χ2v) is 3.09. The van der Waals surface area contributed by atoms with Crippen molar-refractivity contribution in [2.24, 2.45) is 0 Å². The van der Waals surface area contributed by atoms with Crippen LogP contribution in [0.25, 0.3) is 5.82 Å². The summed E-state index contributed by atoms with van der Waals surface area (Å²) in [5.41, 5.74) is 5.71. The first-order valence-corrected chi connectivity index (χ1v) is 4.31. The standard InChI is InChI=1S/C8H5ClN6/c9-6-4-15(14-8(6)11)7-3-12-5(1-10)2-13-7/h2-4H,(H2,11,14). The Hall–Kier alpha value is -2.13. The highest BCUT2D eigenvalue weighted by molar-refractivity contribution is 6.32. The monoisotopic (exact) mass is 220 g/mol. The van der Waals surface area contributed by atoms with Gasteiger partial charge >= 0.3 is 0 Å². The Balaban J connectivity index is 2.42. The zero-order chi connectivity index (χ0) is 10.8. The molecule has 0 saturated carbocycles. The highest BCUT2D eigenvalue weighted by Gasteiger charge is 2.05. The smallest absolute Gasteiger partial charge is 0.172 e. The Morgan fingerprint density at radius 1 is 1.40 bits per heavy atom. The molecule has 0 atom stereocenters. The minimum atomic E-state index is 0.225. The Morgan fingerprint density at radius 3 is 2.67 bits per heavy atom. The summed E-state index contributed by atoms with van der Waals surface area (Å²) in [6.07, 6.45) is 4.29. The van der Waals surface area contributed by atoms with E-state index in [2.05, 4.69) is 15.1 Å². The molecule has 2 aromatic rings. The van der Waals surface area contributed by atoms with Crippen molar-refractivity contribution in [2.75, 3.05) is 5.73 Å². The number of rotatable bonds is 1. The summed E-state index contributed by atoms with van der Waals surface area (Å²) in [4.78, 5) is 7.82. The molecule has 2 rings (SSSR count). The largest absolute Gasteiger partial charge is 0.381 e. The fourth-order valence-electron chi connectivity index (χ4n) is 0.981. The van der Waals surface area contributed by atoms with Gasteiger partial charge in [0, 0.05) is 0 Å². The number of nitrogens with two attached hydrogens (primary N) is 1. The second-order valence-electron chi connectivity index (χ2n) is 2.68. The third-order valence-corrected chi connectivity index (χ3v) is 1.97. The minimum absolute atomic E-state index is 0.225. The van der Waals surface area contributed by atoms with Gasteiger partial charge < -0.3 is 5.73 Å². The molecule has 0 unspecified atom stereocenters. The average Bonchev–Trinajstić information content (AvgIpc) is 2.59. The first-order valence-electron chi connectivity index (χ1n) is 3.94. The van der Waals surface area contributed by atoms with E-state index in [4.69, 9.17) is 22.6 Å². The molecule has 7 heteroatoms. The number of nitrogen functional groups attached to an aromatic ring is 1. The lowest BCUT2D eigenvalue weighted by Gasteiger charge is -1.97. The fourth-order valence-corrected chi connectivity index (χ4v) is 1.11. The van der Waals surface area contributed by atoms with Gasteiger partial charge in [-0.15, -0.1) is 5.10 Å². The average molecular weight is 221 g/mol. The van der Waals surface area contributed by atoms with Crippen molar-refractivity contribution < 1.29 is 0 Å². The number of hydrogen-bond acceptors (Lipinski definition) is 5. The van der Waals surface area contributed by atoms with E-state index in [9.17, 15) is 0 Å². The first-order chi connectivity index (χ1) is 7.20. The predicted octanol–water partition coefficient (Wildman–Crippen LogP) is 0.770. The van der Waals surface area contributed by atoms with Crippen molar-refractivity contribution in [3.05, 3.63) is 29.3 Å². The first kappa shape index (κ1) is 9.43. The molecular formula is C8H5ClN6. The molecule has 2 aromatic heterocycles. The molecule has 0 aliphatic carbocycles. The summed E-state index contributed by atoms with van der Waals surface area (Å²) in [5.74, 6) is 0.676. The molecule has 0 aromatic carbocycles. The molecule has 74 valence electrons. The highest BCUT2D eigenvalue weighted by atomic mass is 35.5. The van der Waals surface area contributed by atoms with Crippen molar-refractivity contribution >= 4 is 17.4 Å². The van der Waals surface area contributed by atoms with Gasteiger partial charge in [-0.2, -0.15) is 5.26 Å². The molecule has 0 aliphatic heterocycles. The summed E-state index contributed by atoms with van der Waals surface area (Å²) >= 11 is 5.73. The van der Waals surface area contributed by atoms with Gasteiger partial charge in [0.1, 0.15) is 11.1 Å². The van der Waals surface area contributed by atoms with E-state index in [0.29, 0.717) is 10.8 Å². The van der Waals surface area contributed by atoms with Gasteiger partial charge in [0.05, 0.1) is 18.6 Å². The molecule has 6 nitrogen and oxygen atoms in total. The number of aromatic nitrogens is 4. The van der Waals surface area contributed by atoms with E-state index in [0.717, 1.165) is 0 Å². The SMILES string of the molecule is N#Cc1cnc(-n2cc(Cl)c(N)n2)cn1. The third kappa shape index (κ3) is 1.73. The summed E-state index contributed by atoms with van der Waals surface area (Å²) in [6, 6.07) is 1.87. The van der Waals surface area contributed by atoms with Crippen LogP contribution >= 0.6 is 11.6 Å². The van der Waals surface area contributed by atoms with Crippen molar-refractivity contribution in [1.29, 1.82) is 5.26 Å². The molecule has 0 amide bonds. The quantitative estimate of drug-likeness (QED) is 0.766. The summed E-state index contributed by atoms with van der Waals surface area (Å²) in [5, 5.41) is 12.8. The molecule has 0 fully saturated rings. The van der Waals surface area contributed by atoms with Gasteiger partial charge in [-0.25, -0.2) is 14.6 Å². The van der Waals surface area contributed by atoms with Crippen molar-refractivity contribution in [3.8, 4) is 11.9 Å². The fraction of sp³-hybridized carbons (Fsp3) is 0. The number of hydrogen-bond donors (Lipinski definition) is 1. The zero-order valence-corrected chi connectivity index (χ0v) is 8.18. The van der Waals surface area contributed by atoms with Gasteiger partial charge in [-0.3, -0.25) is 0 Å². The summed E-state index contributed by atoms with van der Waals surface area (Å²) in [6.45, 7) is 0. The highest BCUT2D eigenvalue weighted by Crippen LogP contribution is 2.17. The van der Waals surface area contributed by atoms with Crippen LogP contribution in [0.3, 0.4) is 0 Å². The lowest BCUT2D eigenvalue weighted by Crippen LogP contribution is -2.00. The Kier molecular flexibility index (Phi) is 2.23. The van der Waals surface area contributed by atoms with E-state index in [-0.39, 0.29) is 11.5 Å². The lowest BCUT2D eigenvalue weighted by atomic mass is 10.5. The van der Waals surface area contributed by atoms with Gasteiger partial charge in [-0.05, 0) is 0 Å². The topological polar surface area (TPSA) is 93.4 Å². The number of nitriles is 1. The van der Waals surface area contributed by atoms with Crippen molar-refractivity contribution in [1.82, 2.24) is 19.7 Å². The number of anilines is 1. The number of nitrogens with zero attached hydrogens (tertiary/aromatic N) is 5. The molecule has 0 aliphatic rings. The third-order valence-electron chi connectivity index (χ3n) is 1.68. The summed E-state index contributed by atoms with van der Waals surface area (Å²) in [7, 11) is 0. The van der Waals surface area contributed by atoms with Crippen LogP contribution in [-0.2, 0) is 0 Å². The van der Waals surface area contributed by atoms with Crippen LogP contribution in [0.15, 0.2) is 18.6 Å². The van der Waals surface area contributed by atoms with Crippen molar-refractivity contribution in [3.63, 3.8) is 0 Å². The molecule has 15 heavy (non-hydrogen) atoms. The predicted molar refractivity (Wildman–Crippen MR) is 53.3 cm³/mol. The van der Waals surface area contributed by atoms with Gasteiger partial charge in [-0.1, -0.05) is 11.6 Å².